The third-order valence-electron chi connectivity index (χ3n) is 3.55. The second kappa shape index (κ2) is 6.86. The summed E-state index contributed by atoms with van der Waals surface area (Å²) in [6, 6.07) is 2.26. The van der Waals surface area contributed by atoms with Crippen molar-refractivity contribution in [1.82, 2.24) is 9.88 Å². The van der Waals surface area contributed by atoms with E-state index < -0.39 is 23.7 Å². The van der Waals surface area contributed by atoms with Crippen molar-refractivity contribution in [1.29, 1.82) is 0 Å². The van der Waals surface area contributed by atoms with Gasteiger partial charge in [0.05, 0.1) is 11.9 Å². The molecule has 8 nitrogen and oxygen atoms in total. The first-order valence-corrected chi connectivity index (χ1v) is 7.60. The fourth-order valence-corrected chi connectivity index (χ4v) is 2.42. The Hall–Kier alpha value is -2.64. The molecule has 1 N–H and O–H groups in total. The van der Waals surface area contributed by atoms with Gasteiger partial charge in [-0.2, -0.15) is 0 Å². The van der Waals surface area contributed by atoms with Crippen molar-refractivity contribution >= 4 is 24.0 Å². The normalized spacial score (nSPS) is 18.2. The molecular weight excluding hydrogens is 314 g/mol. The minimum absolute atomic E-state index is 0.122. The number of aromatic nitrogens is 1. The molecule has 1 aliphatic rings. The minimum atomic E-state index is -1.09. The number of hydrogen-bond donors (Lipinski definition) is 1. The van der Waals surface area contributed by atoms with Crippen molar-refractivity contribution in [3.05, 3.63) is 24.0 Å². The average Bonchev–Trinajstić information content (AvgIpc) is 2.52. The summed E-state index contributed by atoms with van der Waals surface area (Å²) in [4.78, 5) is 41.5. The number of aldehydes is 1. The summed E-state index contributed by atoms with van der Waals surface area (Å²) >= 11 is 0. The Morgan fingerprint density at radius 1 is 1.33 bits per heavy atom. The second-order valence-corrected chi connectivity index (χ2v) is 6.53. The lowest BCUT2D eigenvalue weighted by Gasteiger charge is -2.40. The standard InChI is InChI=1S/C16H21N3O5/c1-16(2,3)24-15(23)19-7-6-18(9-13(19)14(21)22)12-5-4-11(10-20)17-8-12/h4-5,8,10,13H,6-7,9H2,1-3H3,(H,21,22). The van der Waals surface area contributed by atoms with Gasteiger partial charge < -0.3 is 14.7 Å². The van der Waals surface area contributed by atoms with Crippen molar-refractivity contribution < 1.29 is 24.2 Å². The lowest BCUT2D eigenvalue weighted by Crippen LogP contribution is -2.59. The first kappa shape index (κ1) is 17.7. The van der Waals surface area contributed by atoms with E-state index in [9.17, 15) is 19.5 Å². The van der Waals surface area contributed by atoms with Gasteiger partial charge in [-0.3, -0.25) is 14.7 Å². The number of pyridine rings is 1. The van der Waals surface area contributed by atoms with Crippen LogP contribution in [0, 0.1) is 0 Å². The van der Waals surface area contributed by atoms with E-state index in [0.29, 0.717) is 24.2 Å². The molecule has 0 radical (unpaired) electrons. The van der Waals surface area contributed by atoms with Crippen LogP contribution in [0.2, 0.25) is 0 Å². The molecule has 1 saturated heterocycles. The molecule has 1 aromatic rings. The molecular formula is C16H21N3O5. The maximum absolute atomic E-state index is 12.2. The summed E-state index contributed by atoms with van der Waals surface area (Å²) in [5, 5.41) is 9.46. The van der Waals surface area contributed by atoms with Gasteiger partial charge in [0.25, 0.3) is 0 Å². The summed E-state index contributed by atoms with van der Waals surface area (Å²) in [5.41, 5.74) is 0.322. The number of aliphatic carboxylic acids is 1. The van der Waals surface area contributed by atoms with Gasteiger partial charge >= 0.3 is 12.1 Å². The summed E-state index contributed by atoms with van der Waals surface area (Å²) in [5.74, 6) is -1.09. The van der Waals surface area contributed by atoms with Crippen LogP contribution in [0.5, 0.6) is 0 Å². The zero-order chi connectivity index (χ0) is 17.9. The molecule has 0 aromatic carbocycles. The number of piperazine rings is 1. The number of nitrogens with zero attached hydrogens (tertiary/aromatic N) is 3. The highest BCUT2D eigenvalue weighted by Gasteiger charge is 2.37. The van der Waals surface area contributed by atoms with Crippen LogP contribution in [0.4, 0.5) is 10.5 Å². The van der Waals surface area contributed by atoms with Crippen LogP contribution in [-0.2, 0) is 9.53 Å². The molecule has 0 spiro atoms. The van der Waals surface area contributed by atoms with Gasteiger partial charge in [0.15, 0.2) is 6.29 Å². The molecule has 1 atom stereocenters. The number of hydrogen-bond acceptors (Lipinski definition) is 6. The van der Waals surface area contributed by atoms with Crippen molar-refractivity contribution in [2.45, 2.75) is 32.4 Å². The topological polar surface area (TPSA) is 100 Å². The van der Waals surface area contributed by atoms with Gasteiger partial charge in [0, 0.05) is 19.6 Å². The minimum Gasteiger partial charge on any atom is -0.480 e. The molecule has 1 amide bonds. The molecule has 1 unspecified atom stereocenters. The molecule has 1 aromatic heterocycles. The predicted molar refractivity (Wildman–Crippen MR) is 86.2 cm³/mol. The third-order valence-corrected chi connectivity index (χ3v) is 3.55. The number of ether oxygens (including phenoxy) is 1. The van der Waals surface area contributed by atoms with Gasteiger partial charge in [-0.1, -0.05) is 0 Å². The molecule has 1 aliphatic heterocycles. The molecule has 0 saturated carbocycles. The Labute approximate surface area is 140 Å². The highest BCUT2D eigenvalue weighted by molar-refractivity contribution is 5.81. The van der Waals surface area contributed by atoms with Crippen molar-refractivity contribution in [3.8, 4) is 0 Å². The maximum atomic E-state index is 12.2. The molecule has 2 heterocycles. The number of carboxylic acid groups (broad SMARTS) is 1. The predicted octanol–water partition coefficient (Wildman–Crippen LogP) is 1.40. The van der Waals surface area contributed by atoms with Crippen LogP contribution < -0.4 is 4.90 Å². The van der Waals surface area contributed by atoms with E-state index in [4.69, 9.17) is 4.74 Å². The zero-order valence-electron chi connectivity index (χ0n) is 13.9. The molecule has 0 aliphatic carbocycles. The van der Waals surface area contributed by atoms with Crippen LogP contribution in [-0.4, -0.2) is 64.6 Å². The Bertz CT molecular complexity index is 624. The van der Waals surface area contributed by atoms with Gasteiger partial charge in [0.2, 0.25) is 0 Å². The molecule has 130 valence electrons. The lowest BCUT2D eigenvalue weighted by molar-refractivity contribution is -0.143. The van der Waals surface area contributed by atoms with Crippen LogP contribution >= 0.6 is 0 Å². The summed E-state index contributed by atoms with van der Waals surface area (Å²) < 4.78 is 5.28. The van der Waals surface area contributed by atoms with Gasteiger partial charge in [-0.25, -0.2) is 9.59 Å². The Morgan fingerprint density at radius 3 is 2.54 bits per heavy atom. The Balaban J connectivity index is 2.13. The SMILES string of the molecule is CC(C)(C)OC(=O)N1CCN(c2ccc(C=O)nc2)CC1C(=O)O. The van der Waals surface area contributed by atoms with E-state index >= 15 is 0 Å². The van der Waals surface area contributed by atoms with Gasteiger partial charge in [0.1, 0.15) is 17.3 Å². The highest BCUT2D eigenvalue weighted by atomic mass is 16.6. The second-order valence-electron chi connectivity index (χ2n) is 6.53. The average molecular weight is 335 g/mol. The van der Waals surface area contributed by atoms with Crippen molar-refractivity contribution in [2.75, 3.05) is 24.5 Å². The van der Waals surface area contributed by atoms with E-state index in [2.05, 4.69) is 4.98 Å². The van der Waals surface area contributed by atoms with E-state index in [1.165, 1.54) is 11.1 Å². The van der Waals surface area contributed by atoms with Crippen LogP contribution in [0.15, 0.2) is 18.3 Å². The molecule has 8 heteroatoms. The quantitative estimate of drug-likeness (QED) is 0.833. The molecule has 24 heavy (non-hydrogen) atoms. The van der Waals surface area contributed by atoms with E-state index in [-0.39, 0.29) is 13.1 Å². The first-order valence-electron chi connectivity index (χ1n) is 7.60. The highest BCUT2D eigenvalue weighted by Crippen LogP contribution is 2.21. The number of carbonyl (C=O) groups excluding carboxylic acids is 2. The fraction of sp³-hybridized carbons (Fsp3) is 0.500. The number of rotatable bonds is 3. The first-order chi connectivity index (χ1) is 11.2. The van der Waals surface area contributed by atoms with Crippen LogP contribution in [0.1, 0.15) is 31.3 Å². The molecule has 2 rings (SSSR count). The monoisotopic (exact) mass is 335 g/mol. The zero-order valence-corrected chi connectivity index (χ0v) is 13.9. The largest absolute Gasteiger partial charge is 0.480 e. The summed E-state index contributed by atoms with van der Waals surface area (Å²) in [6.07, 6.45) is 1.53. The van der Waals surface area contributed by atoms with Gasteiger partial charge in [-0.05, 0) is 32.9 Å². The van der Waals surface area contributed by atoms with Gasteiger partial charge in [-0.15, -0.1) is 0 Å². The van der Waals surface area contributed by atoms with E-state index in [1.807, 2.05) is 4.90 Å². The Kier molecular flexibility index (Phi) is 5.06. The van der Waals surface area contributed by atoms with Crippen LogP contribution in [0.25, 0.3) is 0 Å². The molecule has 0 bridgehead atoms. The fourth-order valence-electron chi connectivity index (χ4n) is 2.42. The maximum Gasteiger partial charge on any atom is 0.411 e. The smallest absolute Gasteiger partial charge is 0.411 e. The lowest BCUT2D eigenvalue weighted by atomic mass is 10.1. The number of amides is 1. The van der Waals surface area contributed by atoms with Crippen LogP contribution in [0.3, 0.4) is 0 Å². The van der Waals surface area contributed by atoms with E-state index in [1.54, 1.807) is 32.9 Å². The summed E-state index contributed by atoms with van der Waals surface area (Å²) in [6.45, 7) is 5.99. The van der Waals surface area contributed by atoms with E-state index in [0.717, 1.165) is 0 Å². The third kappa shape index (κ3) is 4.21. The van der Waals surface area contributed by atoms with Crippen molar-refractivity contribution in [2.24, 2.45) is 0 Å². The van der Waals surface area contributed by atoms with Crippen molar-refractivity contribution in [3.63, 3.8) is 0 Å². The number of carboxylic acids is 1. The molecule has 1 fully saturated rings. The number of carbonyl (C=O) groups is 3. The Morgan fingerprint density at radius 2 is 2.04 bits per heavy atom. The summed E-state index contributed by atoms with van der Waals surface area (Å²) in [7, 11) is 0. The number of anilines is 1.